The van der Waals surface area contributed by atoms with Crippen LogP contribution in [0.5, 0.6) is 0 Å². The summed E-state index contributed by atoms with van der Waals surface area (Å²) in [5, 5.41) is 8.84. The van der Waals surface area contributed by atoms with Crippen LogP contribution in [0.2, 0.25) is 5.02 Å². The molecule has 0 radical (unpaired) electrons. The minimum atomic E-state index is -0.467. The van der Waals surface area contributed by atoms with Gasteiger partial charge >= 0.3 is 0 Å². The van der Waals surface area contributed by atoms with Gasteiger partial charge in [0.2, 0.25) is 0 Å². The minimum absolute atomic E-state index is 0.0805. The molecular formula is C15H16ClFN2O. The summed E-state index contributed by atoms with van der Waals surface area (Å²) in [5.74, 6) is -0.202. The van der Waals surface area contributed by atoms with E-state index in [-0.39, 0.29) is 23.4 Å². The Morgan fingerprint density at radius 3 is 2.85 bits per heavy atom. The highest BCUT2D eigenvalue weighted by Crippen LogP contribution is 2.36. The van der Waals surface area contributed by atoms with Gasteiger partial charge in [-0.2, -0.15) is 5.26 Å². The molecule has 1 aliphatic carbocycles. The molecule has 1 aromatic rings. The van der Waals surface area contributed by atoms with Crippen molar-refractivity contribution in [2.45, 2.75) is 32.2 Å². The first-order valence-electron chi connectivity index (χ1n) is 6.67. The molecule has 1 aromatic carbocycles. The van der Waals surface area contributed by atoms with Crippen molar-refractivity contribution in [2.75, 3.05) is 6.54 Å². The number of nitrogens with zero attached hydrogens (tertiary/aromatic N) is 2. The highest BCUT2D eigenvalue weighted by atomic mass is 35.5. The third-order valence-electron chi connectivity index (χ3n) is 3.68. The Hall–Kier alpha value is -1.60. The van der Waals surface area contributed by atoms with Crippen LogP contribution in [-0.4, -0.2) is 23.4 Å². The fourth-order valence-corrected chi connectivity index (χ4v) is 2.56. The third-order valence-corrected chi connectivity index (χ3v) is 4.00. The molecule has 5 heteroatoms. The Kier molecular flexibility index (Phi) is 4.61. The van der Waals surface area contributed by atoms with Gasteiger partial charge in [0.15, 0.2) is 0 Å². The van der Waals surface area contributed by atoms with E-state index in [4.69, 9.17) is 16.9 Å². The zero-order valence-electron chi connectivity index (χ0n) is 11.3. The number of halogens is 2. The van der Waals surface area contributed by atoms with E-state index >= 15 is 0 Å². The SMILES string of the molecule is C[C@@H](C1CC1)N(CCC#N)C(=O)c1ccc(F)cc1Cl. The number of benzene rings is 1. The summed E-state index contributed by atoms with van der Waals surface area (Å²) in [4.78, 5) is 14.2. The topological polar surface area (TPSA) is 44.1 Å². The van der Waals surface area contributed by atoms with Crippen LogP contribution in [-0.2, 0) is 0 Å². The number of carbonyl (C=O) groups is 1. The van der Waals surface area contributed by atoms with Gasteiger partial charge in [-0.1, -0.05) is 11.6 Å². The summed E-state index contributed by atoms with van der Waals surface area (Å²) in [7, 11) is 0. The van der Waals surface area contributed by atoms with Gasteiger partial charge in [-0.25, -0.2) is 4.39 Å². The predicted octanol–water partition coefficient (Wildman–Crippen LogP) is 3.63. The molecule has 0 unspecified atom stereocenters. The van der Waals surface area contributed by atoms with Crippen molar-refractivity contribution in [1.82, 2.24) is 4.90 Å². The first kappa shape index (κ1) is 14.8. The van der Waals surface area contributed by atoms with E-state index in [9.17, 15) is 9.18 Å². The van der Waals surface area contributed by atoms with Crippen molar-refractivity contribution in [1.29, 1.82) is 5.26 Å². The molecule has 0 spiro atoms. The molecule has 1 fully saturated rings. The average Bonchev–Trinajstić information content (AvgIpc) is 3.22. The zero-order valence-corrected chi connectivity index (χ0v) is 12.0. The Morgan fingerprint density at radius 2 is 2.30 bits per heavy atom. The molecule has 1 saturated carbocycles. The number of amides is 1. The Morgan fingerprint density at radius 1 is 1.60 bits per heavy atom. The molecule has 1 amide bonds. The van der Waals surface area contributed by atoms with Crippen LogP contribution >= 0.6 is 11.6 Å². The molecule has 2 rings (SSSR count). The summed E-state index contributed by atoms with van der Waals surface area (Å²) >= 11 is 5.95. The van der Waals surface area contributed by atoms with Crippen molar-refractivity contribution in [3.8, 4) is 6.07 Å². The quantitative estimate of drug-likeness (QED) is 0.832. The van der Waals surface area contributed by atoms with E-state index in [1.807, 2.05) is 6.92 Å². The second kappa shape index (κ2) is 6.23. The second-order valence-electron chi connectivity index (χ2n) is 5.11. The van der Waals surface area contributed by atoms with Crippen molar-refractivity contribution >= 4 is 17.5 Å². The molecule has 0 aliphatic heterocycles. The number of rotatable bonds is 5. The van der Waals surface area contributed by atoms with E-state index in [0.29, 0.717) is 18.0 Å². The van der Waals surface area contributed by atoms with Gasteiger partial charge in [0.1, 0.15) is 5.82 Å². The van der Waals surface area contributed by atoms with Crippen molar-refractivity contribution < 1.29 is 9.18 Å². The maximum absolute atomic E-state index is 13.1. The van der Waals surface area contributed by atoms with Crippen LogP contribution in [0.3, 0.4) is 0 Å². The van der Waals surface area contributed by atoms with Gasteiger partial charge in [-0.15, -0.1) is 0 Å². The molecule has 0 aromatic heterocycles. The Bertz CT molecular complexity index is 551. The first-order valence-corrected chi connectivity index (χ1v) is 7.05. The van der Waals surface area contributed by atoms with E-state index in [1.165, 1.54) is 12.1 Å². The predicted molar refractivity (Wildman–Crippen MR) is 74.9 cm³/mol. The van der Waals surface area contributed by atoms with Gasteiger partial charge in [0, 0.05) is 12.6 Å². The van der Waals surface area contributed by atoms with Crippen molar-refractivity contribution in [3.05, 3.63) is 34.6 Å². The molecule has 0 bridgehead atoms. The summed E-state index contributed by atoms with van der Waals surface area (Å²) in [5.41, 5.74) is 0.290. The van der Waals surface area contributed by atoms with Crippen LogP contribution in [0.25, 0.3) is 0 Å². The van der Waals surface area contributed by atoms with Gasteiger partial charge in [0.05, 0.1) is 23.1 Å². The molecular weight excluding hydrogens is 279 g/mol. The number of carbonyl (C=O) groups excluding carboxylic acids is 1. The lowest BCUT2D eigenvalue weighted by Gasteiger charge is -2.29. The second-order valence-corrected chi connectivity index (χ2v) is 5.52. The molecule has 106 valence electrons. The van der Waals surface area contributed by atoms with Crippen LogP contribution < -0.4 is 0 Å². The number of hydrogen-bond donors (Lipinski definition) is 0. The van der Waals surface area contributed by atoms with Crippen LogP contribution in [0.1, 0.15) is 36.5 Å². The highest BCUT2D eigenvalue weighted by molar-refractivity contribution is 6.33. The van der Waals surface area contributed by atoms with Gasteiger partial charge < -0.3 is 4.90 Å². The van der Waals surface area contributed by atoms with Crippen molar-refractivity contribution in [3.63, 3.8) is 0 Å². The van der Waals surface area contributed by atoms with Gasteiger partial charge in [-0.05, 0) is 43.9 Å². The third kappa shape index (κ3) is 3.29. The number of hydrogen-bond acceptors (Lipinski definition) is 2. The van der Waals surface area contributed by atoms with Crippen LogP contribution in [0, 0.1) is 23.1 Å². The van der Waals surface area contributed by atoms with E-state index in [2.05, 4.69) is 6.07 Å². The van der Waals surface area contributed by atoms with Crippen LogP contribution in [0.15, 0.2) is 18.2 Å². The highest BCUT2D eigenvalue weighted by Gasteiger charge is 2.34. The monoisotopic (exact) mass is 294 g/mol. The lowest BCUT2D eigenvalue weighted by atomic mass is 10.1. The van der Waals surface area contributed by atoms with E-state index < -0.39 is 5.82 Å². The van der Waals surface area contributed by atoms with Crippen LogP contribution in [0.4, 0.5) is 4.39 Å². The summed E-state index contributed by atoms with van der Waals surface area (Å²) in [6.07, 6.45) is 2.49. The van der Waals surface area contributed by atoms with Crippen molar-refractivity contribution in [2.24, 2.45) is 5.92 Å². The smallest absolute Gasteiger partial charge is 0.255 e. The first-order chi connectivity index (χ1) is 9.54. The molecule has 0 heterocycles. The largest absolute Gasteiger partial charge is 0.335 e. The van der Waals surface area contributed by atoms with E-state index in [0.717, 1.165) is 18.9 Å². The summed E-state index contributed by atoms with van der Waals surface area (Å²) in [6.45, 7) is 2.37. The molecule has 20 heavy (non-hydrogen) atoms. The summed E-state index contributed by atoms with van der Waals surface area (Å²) < 4.78 is 13.1. The average molecular weight is 295 g/mol. The molecule has 0 N–H and O–H groups in total. The zero-order chi connectivity index (χ0) is 14.7. The molecule has 1 aliphatic rings. The Labute approximate surface area is 122 Å². The minimum Gasteiger partial charge on any atom is -0.335 e. The summed E-state index contributed by atoms with van der Waals surface area (Å²) in [6, 6.07) is 5.90. The fourth-order valence-electron chi connectivity index (χ4n) is 2.31. The van der Waals surface area contributed by atoms with E-state index in [1.54, 1.807) is 4.90 Å². The fraction of sp³-hybridized carbons (Fsp3) is 0.467. The van der Waals surface area contributed by atoms with Gasteiger partial charge in [-0.3, -0.25) is 4.79 Å². The maximum Gasteiger partial charge on any atom is 0.255 e. The Balaban J connectivity index is 2.22. The molecule has 0 saturated heterocycles. The molecule has 3 nitrogen and oxygen atoms in total. The van der Waals surface area contributed by atoms with Gasteiger partial charge in [0.25, 0.3) is 5.91 Å². The number of nitriles is 1. The standard InChI is InChI=1S/C15H16ClFN2O/c1-10(11-3-4-11)19(8-2-7-18)15(20)13-6-5-12(17)9-14(13)16/h5-6,9-11H,2-4,8H2,1H3/t10-/m0/s1. The lowest BCUT2D eigenvalue weighted by Crippen LogP contribution is -2.40. The maximum atomic E-state index is 13.1. The molecule has 1 atom stereocenters. The normalized spacial score (nSPS) is 15.5. The lowest BCUT2D eigenvalue weighted by molar-refractivity contribution is 0.0677.